The van der Waals surface area contributed by atoms with E-state index in [9.17, 15) is 0 Å². The molecule has 1 saturated heterocycles. The molecule has 2 heteroatoms. The topological polar surface area (TPSA) is 0 Å². The third-order valence-corrected chi connectivity index (χ3v) is 6.01. The summed E-state index contributed by atoms with van der Waals surface area (Å²) in [5, 5.41) is 0. The Labute approximate surface area is 74.5 Å². The van der Waals surface area contributed by atoms with E-state index in [0.717, 1.165) is 5.66 Å². The highest BCUT2D eigenvalue weighted by Gasteiger charge is 2.31. The van der Waals surface area contributed by atoms with Crippen molar-refractivity contribution in [3.05, 3.63) is 0 Å². The van der Waals surface area contributed by atoms with E-state index in [1.807, 2.05) is 0 Å². The van der Waals surface area contributed by atoms with Gasteiger partial charge in [0, 0.05) is 0 Å². The molecule has 0 radical (unpaired) electrons. The van der Waals surface area contributed by atoms with Crippen LogP contribution in [-0.2, 0) is 0 Å². The van der Waals surface area contributed by atoms with Crippen molar-refractivity contribution in [3.8, 4) is 0 Å². The first-order valence-corrected chi connectivity index (χ1v) is 7.31. The van der Waals surface area contributed by atoms with Gasteiger partial charge < -0.3 is 0 Å². The third-order valence-electron chi connectivity index (χ3n) is 3.23. The molecule has 2 unspecified atom stereocenters. The van der Waals surface area contributed by atoms with Gasteiger partial charge in [-0.3, -0.25) is 0 Å². The Balaban J connectivity index is 2.48. The highest BCUT2D eigenvalue weighted by atomic mass is 31.1. The molecule has 11 heavy (non-hydrogen) atoms. The molecule has 0 N–H and O–H groups in total. The van der Waals surface area contributed by atoms with Crippen molar-refractivity contribution in [1.29, 1.82) is 0 Å². The predicted molar refractivity (Wildman–Crippen MR) is 59.1 cm³/mol. The van der Waals surface area contributed by atoms with Crippen LogP contribution in [0.2, 0.25) is 0 Å². The second-order valence-electron chi connectivity index (χ2n) is 4.25. The SMILES string of the molecule is CC(P)C1(C)CCP(C)CC1. The molecule has 1 aliphatic heterocycles. The second-order valence-corrected chi connectivity index (χ2v) is 7.85. The summed E-state index contributed by atoms with van der Waals surface area (Å²) < 4.78 is 0. The average molecular weight is 190 g/mol. The second kappa shape index (κ2) is 3.71. The summed E-state index contributed by atoms with van der Waals surface area (Å²) >= 11 is 0. The maximum absolute atomic E-state index is 2.97. The van der Waals surface area contributed by atoms with E-state index in [4.69, 9.17) is 0 Å². The minimum atomic E-state index is 0.416. The van der Waals surface area contributed by atoms with E-state index in [1.54, 1.807) is 0 Å². The van der Waals surface area contributed by atoms with E-state index in [1.165, 1.54) is 25.2 Å². The zero-order chi connectivity index (χ0) is 8.48. The number of hydrogen-bond donors (Lipinski definition) is 0. The predicted octanol–water partition coefficient (Wildman–Crippen LogP) is 3.16. The van der Waals surface area contributed by atoms with E-state index in [0.29, 0.717) is 13.3 Å². The van der Waals surface area contributed by atoms with E-state index >= 15 is 0 Å². The molecule has 0 aromatic rings. The molecular weight excluding hydrogens is 170 g/mol. The van der Waals surface area contributed by atoms with Crippen molar-refractivity contribution in [1.82, 2.24) is 0 Å². The first kappa shape index (κ1) is 9.94. The van der Waals surface area contributed by atoms with Crippen molar-refractivity contribution in [3.63, 3.8) is 0 Å². The summed E-state index contributed by atoms with van der Waals surface area (Å²) in [6.45, 7) is 7.24. The molecule has 1 rings (SSSR count). The van der Waals surface area contributed by atoms with Crippen LogP contribution in [0, 0.1) is 5.41 Å². The standard InChI is InChI=1S/C9H20P2/c1-8(10)9(2)4-6-11(3)7-5-9/h8H,4-7,10H2,1-3H3. The summed E-state index contributed by atoms with van der Waals surface area (Å²) in [4.78, 5) is 0. The first-order chi connectivity index (χ1) is 5.04. The molecule has 0 aromatic heterocycles. The highest BCUT2D eigenvalue weighted by molar-refractivity contribution is 7.56. The van der Waals surface area contributed by atoms with Gasteiger partial charge in [-0.1, -0.05) is 13.8 Å². The first-order valence-electron chi connectivity index (χ1n) is 4.49. The molecule has 1 fully saturated rings. The molecule has 0 nitrogen and oxygen atoms in total. The van der Waals surface area contributed by atoms with Gasteiger partial charge >= 0.3 is 0 Å². The van der Waals surface area contributed by atoms with Gasteiger partial charge in [-0.25, -0.2) is 0 Å². The fourth-order valence-corrected chi connectivity index (χ4v) is 3.93. The van der Waals surface area contributed by atoms with Crippen molar-refractivity contribution in [2.75, 3.05) is 19.0 Å². The largest absolute Gasteiger partial charge is 0.134 e. The monoisotopic (exact) mass is 190 g/mol. The molecule has 0 bridgehead atoms. The van der Waals surface area contributed by atoms with E-state index in [2.05, 4.69) is 29.8 Å². The third kappa shape index (κ3) is 2.40. The summed E-state index contributed by atoms with van der Waals surface area (Å²) in [5.41, 5.74) is 1.44. The van der Waals surface area contributed by atoms with Crippen molar-refractivity contribution in [2.45, 2.75) is 32.3 Å². The zero-order valence-electron chi connectivity index (χ0n) is 7.93. The smallest absolute Gasteiger partial charge is 0.0238 e. The Bertz CT molecular complexity index is 124. The van der Waals surface area contributed by atoms with E-state index in [-0.39, 0.29) is 0 Å². The van der Waals surface area contributed by atoms with Gasteiger partial charge in [0.15, 0.2) is 0 Å². The van der Waals surface area contributed by atoms with Crippen LogP contribution in [0.5, 0.6) is 0 Å². The lowest BCUT2D eigenvalue weighted by molar-refractivity contribution is 0.292. The molecule has 0 saturated carbocycles. The van der Waals surface area contributed by atoms with Crippen molar-refractivity contribution < 1.29 is 0 Å². The molecule has 1 aliphatic rings. The minimum absolute atomic E-state index is 0.416. The van der Waals surface area contributed by atoms with Crippen LogP contribution in [0.1, 0.15) is 26.7 Å². The van der Waals surface area contributed by atoms with Crippen LogP contribution in [-0.4, -0.2) is 24.6 Å². The Morgan fingerprint density at radius 1 is 1.36 bits per heavy atom. The fraction of sp³-hybridized carbons (Fsp3) is 1.00. The van der Waals surface area contributed by atoms with Gasteiger partial charge in [-0.2, -0.15) is 0 Å². The van der Waals surface area contributed by atoms with Gasteiger partial charge in [0.25, 0.3) is 0 Å². The van der Waals surface area contributed by atoms with Crippen LogP contribution < -0.4 is 0 Å². The summed E-state index contributed by atoms with van der Waals surface area (Å²) in [5.74, 6) is 0. The van der Waals surface area contributed by atoms with Crippen LogP contribution >= 0.6 is 17.2 Å². The van der Waals surface area contributed by atoms with Crippen molar-refractivity contribution >= 4 is 17.2 Å². The lowest BCUT2D eigenvalue weighted by atomic mass is 9.81. The Hall–Kier alpha value is 0.860. The molecule has 1 heterocycles. The Morgan fingerprint density at radius 3 is 2.18 bits per heavy atom. The normalized spacial score (nSPS) is 42.0. The maximum atomic E-state index is 2.97. The van der Waals surface area contributed by atoms with Crippen LogP contribution in [0.3, 0.4) is 0 Å². The van der Waals surface area contributed by atoms with Crippen LogP contribution in [0.15, 0.2) is 0 Å². The molecular formula is C9H20P2. The lowest BCUT2D eigenvalue weighted by Crippen LogP contribution is -2.30. The maximum Gasteiger partial charge on any atom is -0.0238 e. The number of hydrogen-bond acceptors (Lipinski definition) is 0. The Morgan fingerprint density at radius 2 is 1.82 bits per heavy atom. The average Bonchev–Trinajstić information content (AvgIpc) is 1.95. The summed E-state index contributed by atoms with van der Waals surface area (Å²) in [6.07, 6.45) is 5.93. The molecule has 2 atom stereocenters. The van der Waals surface area contributed by atoms with Gasteiger partial charge in [-0.15, -0.1) is 17.2 Å². The van der Waals surface area contributed by atoms with Gasteiger partial charge in [0.05, 0.1) is 0 Å². The van der Waals surface area contributed by atoms with Gasteiger partial charge in [0.2, 0.25) is 0 Å². The zero-order valence-corrected chi connectivity index (χ0v) is 9.98. The molecule has 0 spiro atoms. The van der Waals surface area contributed by atoms with E-state index < -0.39 is 0 Å². The van der Waals surface area contributed by atoms with Crippen LogP contribution in [0.4, 0.5) is 0 Å². The quantitative estimate of drug-likeness (QED) is 0.557. The molecule has 0 amide bonds. The van der Waals surface area contributed by atoms with Gasteiger partial charge in [-0.05, 0) is 42.9 Å². The molecule has 0 aliphatic carbocycles. The highest BCUT2D eigenvalue weighted by Crippen LogP contribution is 2.48. The minimum Gasteiger partial charge on any atom is -0.134 e. The summed E-state index contributed by atoms with van der Waals surface area (Å²) in [7, 11) is 3.39. The fourth-order valence-electron chi connectivity index (χ4n) is 1.58. The number of rotatable bonds is 1. The summed E-state index contributed by atoms with van der Waals surface area (Å²) in [6, 6.07) is 0. The Kier molecular flexibility index (Phi) is 3.36. The van der Waals surface area contributed by atoms with Crippen molar-refractivity contribution in [2.24, 2.45) is 5.41 Å². The van der Waals surface area contributed by atoms with Gasteiger partial charge in [0.1, 0.15) is 0 Å². The molecule has 66 valence electrons. The molecule has 0 aromatic carbocycles. The lowest BCUT2D eigenvalue weighted by Gasteiger charge is -2.39. The van der Waals surface area contributed by atoms with Crippen LogP contribution in [0.25, 0.3) is 0 Å².